The third kappa shape index (κ3) is 3.74. The van der Waals surface area contributed by atoms with Crippen molar-refractivity contribution in [1.29, 1.82) is 0 Å². The van der Waals surface area contributed by atoms with Gasteiger partial charge in [-0.3, -0.25) is 14.2 Å². The summed E-state index contributed by atoms with van der Waals surface area (Å²) in [6, 6.07) is 15.3. The number of aryl methyl sites for hydroxylation is 1. The van der Waals surface area contributed by atoms with E-state index in [0.717, 1.165) is 5.69 Å². The van der Waals surface area contributed by atoms with Crippen LogP contribution in [0.2, 0.25) is 0 Å². The molecule has 6 heteroatoms. The van der Waals surface area contributed by atoms with Crippen LogP contribution in [0.4, 0.5) is 5.82 Å². The number of methoxy groups -OCH3 is 1. The first-order valence-electron chi connectivity index (χ1n) is 7.69. The summed E-state index contributed by atoms with van der Waals surface area (Å²) in [5.41, 5.74) is 1.59. The summed E-state index contributed by atoms with van der Waals surface area (Å²) in [5, 5.41) is 2.73. The van der Waals surface area contributed by atoms with Crippen molar-refractivity contribution in [2.75, 3.05) is 12.4 Å². The SMILES string of the molecule is COc1ccc(-n2cc(C(=O)Nc3cccc(C)n3)ccc2=O)cc1. The van der Waals surface area contributed by atoms with Gasteiger partial charge in [0.25, 0.3) is 11.5 Å². The van der Waals surface area contributed by atoms with Crippen molar-refractivity contribution in [3.8, 4) is 11.4 Å². The number of hydrogen-bond acceptors (Lipinski definition) is 4. The van der Waals surface area contributed by atoms with Gasteiger partial charge in [-0.25, -0.2) is 4.98 Å². The predicted molar refractivity (Wildman–Crippen MR) is 95.5 cm³/mol. The Hall–Kier alpha value is -3.41. The van der Waals surface area contributed by atoms with Crippen molar-refractivity contribution in [2.45, 2.75) is 6.92 Å². The second kappa shape index (κ2) is 7.00. The van der Waals surface area contributed by atoms with E-state index in [2.05, 4.69) is 10.3 Å². The maximum absolute atomic E-state index is 12.4. The molecule has 0 aliphatic heterocycles. The molecule has 0 bridgehead atoms. The molecule has 3 aromatic rings. The Bertz CT molecular complexity index is 962. The summed E-state index contributed by atoms with van der Waals surface area (Å²) < 4.78 is 6.53. The molecule has 0 saturated carbocycles. The van der Waals surface area contributed by atoms with Crippen molar-refractivity contribution in [3.63, 3.8) is 0 Å². The number of nitrogens with one attached hydrogen (secondary N) is 1. The van der Waals surface area contributed by atoms with E-state index in [1.807, 2.05) is 19.1 Å². The normalized spacial score (nSPS) is 10.3. The fraction of sp³-hybridized carbons (Fsp3) is 0.105. The number of benzene rings is 1. The van der Waals surface area contributed by atoms with Crippen molar-refractivity contribution < 1.29 is 9.53 Å². The third-order valence-electron chi connectivity index (χ3n) is 3.65. The molecule has 0 saturated heterocycles. The van der Waals surface area contributed by atoms with Gasteiger partial charge < -0.3 is 10.1 Å². The Kier molecular flexibility index (Phi) is 4.61. The number of aromatic nitrogens is 2. The van der Waals surface area contributed by atoms with Gasteiger partial charge >= 0.3 is 0 Å². The van der Waals surface area contributed by atoms with Gasteiger partial charge in [0.15, 0.2) is 0 Å². The second-order valence-electron chi connectivity index (χ2n) is 5.44. The van der Waals surface area contributed by atoms with Crippen LogP contribution in [0.1, 0.15) is 16.1 Å². The lowest BCUT2D eigenvalue weighted by atomic mass is 10.2. The fourth-order valence-corrected chi connectivity index (χ4v) is 2.37. The van der Waals surface area contributed by atoms with Crippen LogP contribution < -0.4 is 15.6 Å². The summed E-state index contributed by atoms with van der Waals surface area (Å²) in [6.07, 6.45) is 1.51. The lowest BCUT2D eigenvalue weighted by Gasteiger charge is -2.09. The molecule has 0 aliphatic carbocycles. The quantitative estimate of drug-likeness (QED) is 0.796. The zero-order valence-corrected chi connectivity index (χ0v) is 13.9. The largest absolute Gasteiger partial charge is 0.497 e. The Morgan fingerprint density at radius 1 is 1.08 bits per heavy atom. The average molecular weight is 335 g/mol. The summed E-state index contributed by atoms with van der Waals surface area (Å²) >= 11 is 0. The predicted octanol–water partition coefficient (Wildman–Crippen LogP) is 2.80. The van der Waals surface area contributed by atoms with Crippen LogP contribution >= 0.6 is 0 Å². The van der Waals surface area contributed by atoms with Crippen molar-refractivity contribution in [1.82, 2.24) is 9.55 Å². The highest BCUT2D eigenvalue weighted by molar-refractivity contribution is 6.03. The average Bonchev–Trinajstić information content (AvgIpc) is 2.62. The van der Waals surface area contributed by atoms with E-state index >= 15 is 0 Å². The zero-order valence-electron chi connectivity index (χ0n) is 13.9. The maximum Gasteiger partial charge on any atom is 0.258 e. The minimum atomic E-state index is -0.333. The molecule has 6 nitrogen and oxygen atoms in total. The molecule has 1 aromatic carbocycles. The third-order valence-corrected chi connectivity index (χ3v) is 3.65. The number of hydrogen-bond donors (Lipinski definition) is 1. The molecular formula is C19H17N3O3. The van der Waals surface area contributed by atoms with Gasteiger partial charge in [-0.15, -0.1) is 0 Å². The van der Waals surface area contributed by atoms with Crippen LogP contribution in [0.25, 0.3) is 5.69 Å². The lowest BCUT2D eigenvalue weighted by Crippen LogP contribution is -2.21. The van der Waals surface area contributed by atoms with E-state index in [9.17, 15) is 9.59 Å². The lowest BCUT2D eigenvalue weighted by molar-refractivity contribution is 0.102. The standard InChI is InChI=1S/C19H17N3O3/c1-13-4-3-5-17(20-13)21-19(24)14-6-11-18(23)22(12-14)15-7-9-16(25-2)10-8-15/h3-12H,1-2H3,(H,20,21,24). The number of nitrogens with zero attached hydrogens (tertiary/aromatic N) is 2. The highest BCUT2D eigenvalue weighted by Crippen LogP contribution is 2.14. The van der Waals surface area contributed by atoms with E-state index in [1.54, 1.807) is 37.4 Å². The molecular weight excluding hydrogens is 318 g/mol. The van der Waals surface area contributed by atoms with Crippen LogP contribution in [-0.4, -0.2) is 22.6 Å². The molecule has 1 amide bonds. The van der Waals surface area contributed by atoms with Gasteiger partial charge in [-0.1, -0.05) is 6.07 Å². The first-order valence-corrected chi connectivity index (χ1v) is 7.69. The van der Waals surface area contributed by atoms with Crippen LogP contribution in [0.5, 0.6) is 5.75 Å². The van der Waals surface area contributed by atoms with Gasteiger partial charge in [0.2, 0.25) is 0 Å². The van der Waals surface area contributed by atoms with Crippen molar-refractivity contribution >= 4 is 11.7 Å². The summed E-state index contributed by atoms with van der Waals surface area (Å²) in [5.74, 6) is 0.823. The Morgan fingerprint density at radius 2 is 1.84 bits per heavy atom. The van der Waals surface area contributed by atoms with E-state index in [-0.39, 0.29) is 11.5 Å². The molecule has 2 aromatic heterocycles. The minimum Gasteiger partial charge on any atom is -0.497 e. The Labute approximate surface area is 144 Å². The molecule has 0 atom stereocenters. The molecule has 1 N–H and O–H groups in total. The van der Waals surface area contributed by atoms with E-state index in [1.165, 1.54) is 22.9 Å². The second-order valence-corrected chi connectivity index (χ2v) is 5.44. The molecule has 0 spiro atoms. The number of carbonyl (C=O) groups excluding carboxylic acids is 1. The molecule has 25 heavy (non-hydrogen) atoms. The number of carbonyl (C=O) groups is 1. The molecule has 126 valence electrons. The monoisotopic (exact) mass is 335 g/mol. The van der Waals surface area contributed by atoms with Crippen LogP contribution in [0.15, 0.2) is 65.6 Å². The van der Waals surface area contributed by atoms with Crippen LogP contribution in [0, 0.1) is 6.92 Å². The molecule has 0 fully saturated rings. The Morgan fingerprint density at radius 3 is 2.52 bits per heavy atom. The van der Waals surface area contributed by atoms with Gasteiger partial charge in [-0.2, -0.15) is 0 Å². The highest BCUT2D eigenvalue weighted by atomic mass is 16.5. The number of anilines is 1. The number of rotatable bonds is 4. The van der Waals surface area contributed by atoms with E-state index in [0.29, 0.717) is 22.8 Å². The smallest absolute Gasteiger partial charge is 0.258 e. The molecule has 0 radical (unpaired) electrons. The van der Waals surface area contributed by atoms with Crippen molar-refractivity contribution in [2.24, 2.45) is 0 Å². The van der Waals surface area contributed by atoms with Crippen molar-refractivity contribution in [3.05, 3.63) is 82.4 Å². The molecule has 0 unspecified atom stereocenters. The van der Waals surface area contributed by atoms with E-state index < -0.39 is 0 Å². The first-order chi connectivity index (χ1) is 12.1. The summed E-state index contributed by atoms with van der Waals surface area (Å²) in [4.78, 5) is 28.8. The van der Waals surface area contributed by atoms with Gasteiger partial charge in [-0.05, 0) is 49.4 Å². The fourth-order valence-electron chi connectivity index (χ4n) is 2.37. The van der Waals surface area contributed by atoms with Gasteiger partial charge in [0, 0.05) is 23.6 Å². The first kappa shape index (κ1) is 16.4. The number of pyridine rings is 2. The van der Waals surface area contributed by atoms with Crippen LogP contribution in [-0.2, 0) is 0 Å². The highest BCUT2D eigenvalue weighted by Gasteiger charge is 2.10. The summed E-state index contributed by atoms with van der Waals surface area (Å²) in [6.45, 7) is 1.85. The summed E-state index contributed by atoms with van der Waals surface area (Å²) in [7, 11) is 1.57. The Balaban J connectivity index is 1.90. The minimum absolute atomic E-state index is 0.226. The van der Waals surface area contributed by atoms with E-state index in [4.69, 9.17) is 4.74 Å². The topological polar surface area (TPSA) is 73.2 Å². The molecule has 0 aliphatic rings. The number of ether oxygens (including phenoxy) is 1. The van der Waals surface area contributed by atoms with Crippen LogP contribution in [0.3, 0.4) is 0 Å². The molecule has 2 heterocycles. The molecule has 3 rings (SSSR count). The van der Waals surface area contributed by atoms with Gasteiger partial charge in [0.1, 0.15) is 11.6 Å². The number of amides is 1. The zero-order chi connectivity index (χ0) is 17.8. The van der Waals surface area contributed by atoms with Gasteiger partial charge in [0.05, 0.1) is 12.7 Å². The maximum atomic E-state index is 12.4.